The Morgan fingerprint density at radius 2 is 2.07 bits per heavy atom. The molecule has 3 rings (SSSR count). The maximum absolute atomic E-state index is 6.49. The average molecular weight is 455 g/mol. The van der Waals surface area contributed by atoms with E-state index in [2.05, 4.69) is 25.8 Å². The average Bonchev–Trinajstić information content (AvgIpc) is 3.00. The van der Waals surface area contributed by atoms with Crippen LogP contribution in [0, 0.1) is 6.92 Å². The third kappa shape index (κ3) is 6.13. The number of aromatic nitrogens is 2. The molecule has 1 aliphatic heterocycles. The molecule has 0 unspecified atom stereocenters. The largest absolute Gasteiger partial charge is 0.379 e. The van der Waals surface area contributed by atoms with Crippen molar-refractivity contribution in [1.29, 1.82) is 0 Å². The molecule has 1 aromatic heterocycles. The van der Waals surface area contributed by atoms with Crippen LogP contribution >= 0.6 is 35.4 Å². The summed E-state index contributed by atoms with van der Waals surface area (Å²) in [5.74, 6) is 0. The van der Waals surface area contributed by atoms with Crippen molar-refractivity contribution >= 4 is 46.7 Å². The maximum Gasteiger partial charge on any atom is 0.186 e. The van der Waals surface area contributed by atoms with Gasteiger partial charge < -0.3 is 10.1 Å². The van der Waals surface area contributed by atoms with E-state index in [-0.39, 0.29) is 0 Å². The van der Waals surface area contributed by atoms with Crippen LogP contribution in [0.25, 0.3) is 5.69 Å². The number of hydrogen-bond acceptors (Lipinski definition) is 5. The van der Waals surface area contributed by atoms with Crippen molar-refractivity contribution in [3.63, 3.8) is 0 Å². The van der Waals surface area contributed by atoms with Crippen LogP contribution in [-0.2, 0) is 4.74 Å². The van der Waals surface area contributed by atoms with E-state index >= 15 is 0 Å². The third-order valence-electron chi connectivity index (χ3n) is 4.53. The van der Waals surface area contributed by atoms with Crippen molar-refractivity contribution in [3.8, 4) is 5.69 Å². The Balaban J connectivity index is 1.48. The van der Waals surface area contributed by atoms with Gasteiger partial charge in [0.05, 0.1) is 41.4 Å². The Hall–Kier alpha value is -1.71. The fraction of sp³-hybridized carbons (Fsp3) is 0.421. The first kappa shape index (κ1) is 22.0. The monoisotopic (exact) mass is 454 g/mol. The van der Waals surface area contributed by atoms with E-state index in [1.54, 1.807) is 17.0 Å². The van der Waals surface area contributed by atoms with Gasteiger partial charge in [-0.05, 0) is 44.2 Å². The highest BCUT2D eigenvalue weighted by molar-refractivity contribution is 7.80. The predicted molar refractivity (Wildman–Crippen MR) is 122 cm³/mol. The van der Waals surface area contributed by atoms with E-state index in [0.29, 0.717) is 26.5 Å². The van der Waals surface area contributed by atoms with Gasteiger partial charge in [-0.25, -0.2) is 4.68 Å². The van der Waals surface area contributed by atoms with Gasteiger partial charge in [0.25, 0.3) is 0 Å². The number of nitrogens with zero attached hydrogens (tertiary/aromatic N) is 4. The molecule has 1 fully saturated rings. The third-order valence-corrected chi connectivity index (χ3v) is 5.45. The second-order valence-electron chi connectivity index (χ2n) is 6.59. The first-order valence-electron chi connectivity index (χ1n) is 9.43. The molecule has 0 bridgehead atoms. The molecule has 7 nitrogen and oxygen atoms in total. The van der Waals surface area contributed by atoms with Gasteiger partial charge in [-0.3, -0.25) is 10.3 Å². The number of hydrazone groups is 1. The second kappa shape index (κ2) is 10.9. The molecule has 0 atom stereocenters. The standard InChI is InChI=1S/C19H24Cl2N6OS/c1-14-15(18(21)27(25-14)17-6-3-2-5-16(17)20)13-23-24-19(29)22-7-4-8-26-9-11-28-12-10-26/h2-3,5-6,13H,4,7-12H2,1H3,(H2,22,24,29)/b23-13+. The van der Waals surface area contributed by atoms with Gasteiger partial charge in [0.15, 0.2) is 5.11 Å². The number of benzene rings is 1. The lowest BCUT2D eigenvalue weighted by Gasteiger charge is -2.26. The molecule has 2 aromatic rings. The summed E-state index contributed by atoms with van der Waals surface area (Å²) in [5, 5.41) is 13.3. The minimum Gasteiger partial charge on any atom is -0.379 e. The Morgan fingerprint density at radius 1 is 1.31 bits per heavy atom. The molecule has 29 heavy (non-hydrogen) atoms. The zero-order valence-electron chi connectivity index (χ0n) is 16.2. The van der Waals surface area contributed by atoms with Gasteiger partial charge >= 0.3 is 0 Å². The van der Waals surface area contributed by atoms with E-state index in [1.165, 1.54) is 0 Å². The molecule has 0 amide bonds. The molecule has 1 aliphatic rings. The first-order chi connectivity index (χ1) is 14.1. The molecule has 1 aromatic carbocycles. The van der Waals surface area contributed by atoms with E-state index in [4.69, 9.17) is 40.2 Å². The Bertz CT molecular complexity index is 866. The van der Waals surface area contributed by atoms with Gasteiger partial charge in [0, 0.05) is 19.6 Å². The van der Waals surface area contributed by atoms with Crippen molar-refractivity contribution in [2.24, 2.45) is 5.10 Å². The lowest BCUT2D eigenvalue weighted by molar-refractivity contribution is 0.0376. The normalized spacial score (nSPS) is 15.0. The molecule has 1 saturated heterocycles. The van der Waals surface area contributed by atoms with Crippen LogP contribution in [0.5, 0.6) is 0 Å². The zero-order valence-corrected chi connectivity index (χ0v) is 18.5. The van der Waals surface area contributed by atoms with Crippen molar-refractivity contribution < 1.29 is 4.74 Å². The molecular weight excluding hydrogens is 431 g/mol. The van der Waals surface area contributed by atoms with Crippen molar-refractivity contribution in [1.82, 2.24) is 25.4 Å². The highest BCUT2D eigenvalue weighted by atomic mass is 35.5. The van der Waals surface area contributed by atoms with Crippen LogP contribution < -0.4 is 10.7 Å². The summed E-state index contributed by atoms with van der Waals surface area (Å²) in [5.41, 5.74) is 4.98. The maximum atomic E-state index is 6.49. The van der Waals surface area contributed by atoms with E-state index in [0.717, 1.165) is 51.5 Å². The fourth-order valence-electron chi connectivity index (χ4n) is 2.97. The number of aryl methyl sites for hydroxylation is 1. The summed E-state index contributed by atoms with van der Waals surface area (Å²) in [6.45, 7) is 7.29. The molecule has 2 heterocycles. The number of rotatable bonds is 7. The van der Waals surface area contributed by atoms with Gasteiger partial charge in [0.1, 0.15) is 5.15 Å². The lowest BCUT2D eigenvalue weighted by Crippen LogP contribution is -2.39. The van der Waals surface area contributed by atoms with E-state index in [1.807, 2.05) is 25.1 Å². The van der Waals surface area contributed by atoms with Gasteiger partial charge in [-0.15, -0.1) is 0 Å². The molecule has 0 saturated carbocycles. The highest BCUT2D eigenvalue weighted by Crippen LogP contribution is 2.26. The van der Waals surface area contributed by atoms with Crippen LogP contribution in [0.1, 0.15) is 17.7 Å². The smallest absolute Gasteiger partial charge is 0.186 e. The van der Waals surface area contributed by atoms with Gasteiger partial charge in [-0.2, -0.15) is 10.2 Å². The van der Waals surface area contributed by atoms with Crippen molar-refractivity contribution in [3.05, 3.63) is 45.7 Å². The van der Waals surface area contributed by atoms with Crippen LogP contribution in [0.2, 0.25) is 10.2 Å². The Morgan fingerprint density at radius 3 is 2.83 bits per heavy atom. The molecule has 0 aliphatic carbocycles. The molecule has 0 spiro atoms. The Kier molecular flexibility index (Phi) is 8.26. The molecule has 0 radical (unpaired) electrons. The number of morpholine rings is 1. The molecule has 2 N–H and O–H groups in total. The van der Waals surface area contributed by atoms with E-state index in [9.17, 15) is 0 Å². The second-order valence-corrected chi connectivity index (χ2v) is 7.76. The van der Waals surface area contributed by atoms with Crippen LogP contribution in [0.15, 0.2) is 29.4 Å². The van der Waals surface area contributed by atoms with Crippen LogP contribution in [0.3, 0.4) is 0 Å². The number of thiocarbonyl (C=S) groups is 1. The van der Waals surface area contributed by atoms with Crippen molar-refractivity contribution in [2.75, 3.05) is 39.4 Å². The summed E-state index contributed by atoms with van der Waals surface area (Å²) < 4.78 is 6.95. The lowest BCUT2D eigenvalue weighted by atomic mass is 10.3. The van der Waals surface area contributed by atoms with Crippen LogP contribution in [0.4, 0.5) is 0 Å². The van der Waals surface area contributed by atoms with Crippen molar-refractivity contribution in [2.45, 2.75) is 13.3 Å². The quantitative estimate of drug-likeness (QED) is 0.290. The number of ether oxygens (including phenoxy) is 1. The topological polar surface area (TPSA) is 66.7 Å². The molecular formula is C19H24Cl2N6OS. The summed E-state index contributed by atoms with van der Waals surface area (Å²) in [7, 11) is 0. The summed E-state index contributed by atoms with van der Waals surface area (Å²) in [6, 6.07) is 7.39. The number of para-hydroxylation sites is 1. The minimum absolute atomic E-state index is 0.436. The Labute approximate surface area is 186 Å². The van der Waals surface area contributed by atoms with Crippen LogP contribution in [-0.4, -0.2) is 65.4 Å². The predicted octanol–water partition coefficient (Wildman–Crippen LogP) is 3.01. The molecule has 156 valence electrons. The van der Waals surface area contributed by atoms with E-state index < -0.39 is 0 Å². The zero-order chi connectivity index (χ0) is 20.6. The summed E-state index contributed by atoms with van der Waals surface area (Å²) in [4.78, 5) is 2.39. The van der Waals surface area contributed by atoms with Gasteiger partial charge in [-0.1, -0.05) is 35.3 Å². The highest BCUT2D eigenvalue weighted by Gasteiger charge is 2.15. The summed E-state index contributed by atoms with van der Waals surface area (Å²) >= 11 is 18.0. The minimum atomic E-state index is 0.436. The summed E-state index contributed by atoms with van der Waals surface area (Å²) in [6.07, 6.45) is 2.61. The number of halogens is 2. The van der Waals surface area contributed by atoms with Gasteiger partial charge in [0.2, 0.25) is 0 Å². The first-order valence-corrected chi connectivity index (χ1v) is 10.6. The number of nitrogens with one attached hydrogen (secondary N) is 2. The molecule has 10 heteroatoms. The SMILES string of the molecule is Cc1nn(-c2ccccc2Cl)c(Cl)c1/C=N/NC(=S)NCCCN1CCOCC1. The number of hydrogen-bond donors (Lipinski definition) is 2. The fourth-order valence-corrected chi connectivity index (χ4v) is 3.65.